The molecule has 21 heavy (non-hydrogen) atoms. The van der Waals surface area contributed by atoms with Gasteiger partial charge >= 0.3 is 12.4 Å². The Bertz CT molecular complexity index is 583. The number of hydrogen-bond donors (Lipinski definition) is 0. The average molecular weight is 314 g/mol. The van der Waals surface area contributed by atoms with Crippen molar-refractivity contribution < 1.29 is 36.2 Å². The summed E-state index contributed by atoms with van der Waals surface area (Å²) in [5.74, 6) is -1.95. The van der Waals surface area contributed by atoms with Crippen LogP contribution in [0.3, 0.4) is 0 Å². The molecule has 11 heteroatoms. The predicted octanol–water partition coefficient (Wildman–Crippen LogP) is 1.22. The van der Waals surface area contributed by atoms with Crippen molar-refractivity contribution in [2.45, 2.75) is 25.3 Å². The van der Waals surface area contributed by atoms with Crippen molar-refractivity contribution in [3.05, 3.63) is 22.8 Å². The van der Waals surface area contributed by atoms with Gasteiger partial charge in [0.25, 0.3) is 0 Å². The summed E-state index contributed by atoms with van der Waals surface area (Å²) in [7, 11) is 0. The van der Waals surface area contributed by atoms with Crippen LogP contribution in [0.5, 0.6) is 0 Å². The SMILES string of the molecule is O=C([O-])N1CCc2c(nc(C(F)(F)F)nc2C(F)(F)F)C1. The van der Waals surface area contributed by atoms with Crippen LogP contribution in [0.25, 0.3) is 0 Å². The van der Waals surface area contributed by atoms with Crippen molar-refractivity contribution in [1.82, 2.24) is 14.9 Å². The second kappa shape index (κ2) is 4.74. The minimum Gasteiger partial charge on any atom is -0.530 e. The van der Waals surface area contributed by atoms with Crippen LogP contribution in [0, 0.1) is 0 Å². The van der Waals surface area contributed by atoms with Crippen LogP contribution in [-0.4, -0.2) is 27.5 Å². The third-order valence-corrected chi connectivity index (χ3v) is 2.85. The minimum absolute atomic E-state index is 0.326. The molecule has 0 saturated carbocycles. The van der Waals surface area contributed by atoms with E-state index in [-0.39, 0.29) is 6.54 Å². The summed E-state index contributed by atoms with van der Waals surface area (Å²) in [5, 5.41) is 10.7. The van der Waals surface area contributed by atoms with Crippen LogP contribution in [-0.2, 0) is 25.3 Å². The number of amides is 1. The number of fused-ring (bicyclic) bond motifs is 1. The van der Waals surface area contributed by atoms with E-state index in [1.165, 1.54) is 0 Å². The number of nitrogens with zero attached hydrogens (tertiary/aromatic N) is 3. The van der Waals surface area contributed by atoms with E-state index in [0.29, 0.717) is 4.90 Å². The number of carbonyl (C=O) groups excluding carboxylic acids is 1. The number of carboxylic acid groups (broad SMARTS) is 1. The highest BCUT2D eigenvalue weighted by Crippen LogP contribution is 2.36. The molecule has 0 aliphatic carbocycles. The molecule has 0 saturated heterocycles. The molecule has 0 unspecified atom stereocenters. The molecule has 0 aromatic carbocycles. The Morgan fingerprint density at radius 1 is 1.10 bits per heavy atom. The van der Waals surface area contributed by atoms with Gasteiger partial charge in [-0.3, -0.25) is 0 Å². The van der Waals surface area contributed by atoms with Crippen molar-refractivity contribution in [3.8, 4) is 0 Å². The average Bonchev–Trinajstić information content (AvgIpc) is 2.34. The lowest BCUT2D eigenvalue weighted by Gasteiger charge is -2.31. The molecule has 0 bridgehead atoms. The fourth-order valence-electron chi connectivity index (χ4n) is 1.95. The van der Waals surface area contributed by atoms with E-state index in [2.05, 4.69) is 9.97 Å². The predicted molar refractivity (Wildman–Crippen MR) is 51.5 cm³/mol. The van der Waals surface area contributed by atoms with Gasteiger partial charge in [-0.2, -0.15) is 26.3 Å². The zero-order valence-electron chi connectivity index (χ0n) is 10.0. The third kappa shape index (κ3) is 3.00. The first-order valence-corrected chi connectivity index (χ1v) is 5.50. The summed E-state index contributed by atoms with van der Waals surface area (Å²) in [6, 6.07) is 0. The summed E-state index contributed by atoms with van der Waals surface area (Å²) in [4.78, 5) is 16.8. The molecular weight excluding hydrogens is 308 g/mol. The Balaban J connectivity index is 2.59. The zero-order chi connectivity index (χ0) is 16.0. The molecule has 0 fully saturated rings. The van der Waals surface area contributed by atoms with Crippen LogP contribution < -0.4 is 5.11 Å². The van der Waals surface area contributed by atoms with Crippen molar-refractivity contribution in [2.24, 2.45) is 0 Å². The van der Waals surface area contributed by atoms with E-state index >= 15 is 0 Å². The van der Waals surface area contributed by atoms with Crippen LogP contribution >= 0.6 is 0 Å². The van der Waals surface area contributed by atoms with Crippen molar-refractivity contribution in [3.63, 3.8) is 0 Å². The minimum atomic E-state index is -5.17. The number of halogens is 6. The molecule has 1 amide bonds. The summed E-state index contributed by atoms with van der Waals surface area (Å²) in [5.41, 5.74) is -2.81. The standard InChI is InChI=1S/C10H7F6N3O2/c11-9(12,13)6-4-1-2-19(8(20)21)3-5(4)17-7(18-6)10(14,15)16/h1-3H2,(H,20,21)/p-1. The van der Waals surface area contributed by atoms with E-state index < -0.39 is 54.2 Å². The van der Waals surface area contributed by atoms with Gasteiger partial charge in [0.15, 0.2) is 5.69 Å². The van der Waals surface area contributed by atoms with E-state index in [9.17, 15) is 36.2 Å². The van der Waals surface area contributed by atoms with Crippen molar-refractivity contribution in [1.29, 1.82) is 0 Å². The van der Waals surface area contributed by atoms with E-state index in [0.717, 1.165) is 0 Å². The smallest absolute Gasteiger partial charge is 0.451 e. The van der Waals surface area contributed by atoms with Gasteiger partial charge in [-0.15, -0.1) is 0 Å². The molecule has 0 N–H and O–H groups in total. The Hall–Kier alpha value is -2.07. The largest absolute Gasteiger partial charge is 0.530 e. The number of alkyl halides is 6. The first kappa shape index (κ1) is 15.3. The maximum absolute atomic E-state index is 12.8. The first-order chi connectivity index (χ1) is 9.50. The lowest BCUT2D eigenvalue weighted by molar-refractivity contribution is -0.266. The fourth-order valence-corrected chi connectivity index (χ4v) is 1.95. The molecule has 2 rings (SSSR count). The number of carbonyl (C=O) groups is 1. The van der Waals surface area contributed by atoms with Crippen LogP contribution in [0.2, 0.25) is 0 Å². The molecule has 1 aliphatic rings. The Labute approximate surface area is 113 Å². The van der Waals surface area contributed by atoms with Crippen LogP contribution in [0.1, 0.15) is 22.8 Å². The van der Waals surface area contributed by atoms with Gasteiger partial charge in [-0.25, -0.2) is 9.97 Å². The molecule has 0 radical (unpaired) electrons. The Morgan fingerprint density at radius 3 is 2.19 bits per heavy atom. The van der Waals surface area contributed by atoms with Gasteiger partial charge < -0.3 is 14.8 Å². The molecule has 1 aromatic rings. The highest BCUT2D eigenvalue weighted by Gasteiger charge is 2.43. The Morgan fingerprint density at radius 2 is 1.71 bits per heavy atom. The summed E-state index contributed by atoms with van der Waals surface area (Å²) in [6.45, 7) is -1.03. The molecule has 1 aromatic heterocycles. The van der Waals surface area contributed by atoms with Gasteiger partial charge in [-0.05, 0) is 6.42 Å². The lowest BCUT2D eigenvalue weighted by Crippen LogP contribution is -2.45. The Kier molecular flexibility index (Phi) is 3.46. The van der Waals surface area contributed by atoms with Gasteiger partial charge in [0.1, 0.15) is 6.09 Å². The summed E-state index contributed by atoms with van der Waals surface area (Å²) in [6.07, 6.45) is -12.4. The lowest BCUT2D eigenvalue weighted by atomic mass is 10.0. The molecule has 0 atom stereocenters. The van der Waals surface area contributed by atoms with Crippen LogP contribution in [0.15, 0.2) is 0 Å². The molecule has 2 heterocycles. The second-order valence-corrected chi connectivity index (χ2v) is 4.25. The molecule has 116 valence electrons. The van der Waals surface area contributed by atoms with Gasteiger partial charge in [0.2, 0.25) is 5.82 Å². The summed E-state index contributed by atoms with van der Waals surface area (Å²) >= 11 is 0. The van der Waals surface area contributed by atoms with Crippen molar-refractivity contribution >= 4 is 6.09 Å². The third-order valence-electron chi connectivity index (χ3n) is 2.85. The van der Waals surface area contributed by atoms with E-state index in [1.807, 2.05) is 0 Å². The highest BCUT2D eigenvalue weighted by molar-refractivity contribution is 5.63. The van der Waals surface area contributed by atoms with E-state index in [4.69, 9.17) is 0 Å². The topological polar surface area (TPSA) is 69.2 Å². The monoisotopic (exact) mass is 314 g/mol. The van der Waals surface area contributed by atoms with Crippen LogP contribution in [0.4, 0.5) is 31.1 Å². The summed E-state index contributed by atoms with van der Waals surface area (Å²) < 4.78 is 76.0. The molecule has 1 aliphatic heterocycles. The number of aromatic nitrogens is 2. The van der Waals surface area contributed by atoms with Crippen molar-refractivity contribution in [2.75, 3.05) is 6.54 Å². The molecule has 0 spiro atoms. The maximum Gasteiger partial charge on any atom is 0.451 e. The molecule has 5 nitrogen and oxygen atoms in total. The zero-order valence-corrected chi connectivity index (χ0v) is 10.0. The fraction of sp³-hybridized carbons (Fsp3) is 0.500. The highest BCUT2D eigenvalue weighted by atomic mass is 19.4. The first-order valence-electron chi connectivity index (χ1n) is 5.50. The number of rotatable bonds is 0. The van der Waals surface area contributed by atoms with Gasteiger partial charge in [0, 0.05) is 12.1 Å². The van der Waals surface area contributed by atoms with Gasteiger partial charge in [-0.1, -0.05) is 0 Å². The van der Waals surface area contributed by atoms with E-state index in [1.54, 1.807) is 0 Å². The normalized spacial score (nSPS) is 15.8. The molecular formula is C10H6F6N3O2-. The maximum atomic E-state index is 12.8. The second-order valence-electron chi connectivity index (χ2n) is 4.25. The number of hydrogen-bond acceptors (Lipinski definition) is 4. The van der Waals surface area contributed by atoms with Gasteiger partial charge in [0.05, 0.1) is 12.2 Å². The quantitative estimate of drug-likeness (QED) is 0.675.